The fourth-order valence-corrected chi connectivity index (χ4v) is 2.77. The number of rotatable bonds is 6. The number of carbonyl (C=O) groups excluding carboxylic acids is 1. The van der Waals surface area contributed by atoms with Crippen LogP contribution in [0.1, 0.15) is 21.7 Å². The number of nitrogens with two attached hydrogens (primary N) is 1. The number of ether oxygens (including phenoxy) is 1. The summed E-state index contributed by atoms with van der Waals surface area (Å²) in [6, 6.07) is 3.51. The van der Waals surface area contributed by atoms with Gasteiger partial charge < -0.3 is 10.5 Å². The molecule has 0 aliphatic carbocycles. The van der Waals surface area contributed by atoms with Crippen LogP contribution in [-0.4, -0.2) is 73.6 Å². The standard InChI is InChI=1S/C16H18N10O3/c17-14-15(23-29-22-14)26-13(12(20-24-26)10-25-5-7-28-8-6-25)16(27)21-19-9-11-1-3-18-4-2-11/h1-4,9H,5-8,10H2,(H2,17,22)(H,21,27). The van der Waals surface area contributed by atoms with E-state index in [0.29, 0.717) is 25.5 Å². The molecule has 1 saturated heterocycles. The van der Waals surface area contributed by atoms with Gasteiger partial charge in [-0.05, 0) is 28.0 Å². The Morgan fingerprint density at radius 1 is 1.28 bits per heavy atom. The molecule has 1 amide bonds. The second kappa shape index (κ2) is 8.53. The average molecular weight is 398 g/mol. The number of pyridine rings is 1. The summed E-state index contributed by atoms with van der Waals surface area (Å²) in [6.45, 7) is 3.09. The lowest BCUT2D eigenvalue weighted by molar-refractivity contribution is 0.0335. The summed E-state index contributed by atoms with van der Waals surface area (Å²) < 4.78 is 11.2. The van der Waals surface area contributed by atoms with Gasteiger partial charge >= 0.3 is 0 Å². The molecule has 0 unspecified atom stereocenters. The van der Waals surface area contributed by atoms with Gasteiger partial charge in [0.2, 0.25) is 11.6 Å². The van der Waals surface area contributed by atoms with Gasteiger partial charge in [-0.1, -0.05) is 5.21 Å². The molecule has 1 aliphatic rings. The van der Waals surface area contributed by atoms with Crippen molar-refractivity contribution in [1.29, 1.82) is 0 Å². The molecule has 0 saturated carbocycles. The molecule has 3 aromatic heterocycles. The quantitative estimate of drug-likeness (QED) is 0.398. The molecule has 1 aliphatic heterocycles. The zero-order valence-corrected chi connectivity index (χ0v) is 15.3. The number of nitrogens with one attached hydrogen (secondary N) is 1. The van der Waals surface area contributed by atoms with E-state index < -0.39 is 5.91 Å². The summed E-state index contributed by atoms with van der Waals surface area (Å²) in [7, 11) is 0. The van der Waals surface area contributed by atoms with Gasteiger partial charge in [0.1, 0.15) is 5.69 Å². The fourth-order valence-electron chi connectivity index (χ4n) is 2.77. The van der Waals surface area contributed by atoms with Crippen molar-refractivity contribution in [1.82, 2.24) is 40.6 Å². The van der Waals surface area contributed by atoms with E-state index in [1.807, 2.05) is 0 Å². The lowest BCUT2D eigenvalue weighted by atomic mass is 10.2. The van der Waals surface area contributed by atoms with Gasteiger partial charge in [0.15, 0.2) is 5.69 Å². The summed E-state index contributed by atoms with van der Waals surface area (Å²) >= 11 is 0. The third-order valence-electron chi connectivity index (χ3n) is 4.21. The monoisotopic (exact) mass is 398 g/mol. The molecular formula is C16H18N10O3. The van der Waals surface area contributed by atoms with E-state index in [1.54, 1.807) is 24.5 Å². The van der Waals surface area contributed by atoms with Crippen LogP contribution in [0, 0.1) is 0 Å². The van der Waals surface area contributed by atoms with Crippen molar-refractivity contribution in [2.24, 2.45) is 5.10 Å². The summed E-state index contributed by atoms with van der Waals surface area (Å²) in [5.74, 6) is -0.456. The number of nitrogens with zero attached hydrogens (tertiary/aromatic N) is 8. The summed E-state index contributed by atoms with van der Waals surface area (Å²) in [5.41, 5.74) is 9.62. The van der Waals surface area contributed by atoms with E-state index >= 15 is 0 Å². The molecule has 1 fully saturated rings. The van der Waals surface area contributed by atoms with Crippen LogP contribution >= 0.6 is 0 Å². The van der Waals surface area contributed by atoms with E-state index in [0.717, 1.165) is 18.7 Å². The zero-order chi connectivity index (χ0) is 20.1. The van der Waals surface area contributed by atoms with Crippen LogP contribution in [0.5, 0.6) is 0 Å². The van der Waals surface area contributed by atoms with E-state index in [-0.39, 0.29) is 17.3 Å². The maximum Gasteiger partial charge on any atom is 0.292 e. The van der Waals surface area contributed by atoms with Crippen molar-refractivity contribution < 1.29 is 14.2 Å². The van der Waals surface area contributed by atoms with Crippen LogP contribution in [0.3, 0.4) is 0 Å². The number of nitrogen functional groups attached to an aromatic ring is 1. The molecule has 0 radical (unpaired) electrons. The van der Waals surface area contributed by atoms with E-state index in [9.17, 15) is 4.79 Å². The van der Waals surface area contributed by atoms with Crippen molar-refractivity contribution in [3.05, 3.63) is 41.5 Å². The minimum Gasteiger partial charge on any atom is -0.379 e. The normalized spacial score (nSPS) is 15.0. The Balaban J connectivity index is 1.59. The Bertz CT molecular complexity index is 994. The Morgan fingerprint density at radius 2 is 2.07 bits per heavy atom. The Morgan fingerprint density at radius 3 is 2.79 bits per heavy atom. The number of anilines is 1. The number of morpholine rings is 1. The minimum absolute atomic E-state index is 0.0119. The first-order valence-corrected chi connectivity index (χ1v) is 8.79. The summed E-state index contributed by atoms with van der Waals surface area (Å²) in [6.07, 6.45) is 4.76. The van der Waals surface area contributed by atoms with Crippen LogP contribution in [0.25, 0.3) is 5.82 Å². The fraction of sp³-hybridized carbons (Fsp3) is 0.312. The van der Waals surface area contributed by atoms with E-state index in [4.69, 9.17) is 10.5 Å². The van der Waals surface area contributed by atoms with Crippen molar-refractivity contribution in [2.75, 3.05) is 32.0 Å². The van der Waals surface area contributed by atoms with Crippen molar-refractivity contribution in [3.63, 3.8) is 0 Å². The second-order valence-electron chi connectivity index (χ2n) is 6.14. The van der Waals surface area contributed by atoms with Crippen LogP contribution < -0.4 is 11.2 Å². The van der Waals surface area contributed by atoms with Crippen LogP contribution in [0.15, 0.2) is 34.3 Å². The van der Waals surface area contributed by atoms with Crippen LogP contribution in [-0.2, 0) is 11.3 Å². The van der Waals surface area contributed by atoms with Gasteiger partial charge in [0, 0.05) is 32.0 Å². The van der Waals surface area contributed by atoms with Crippen molar-refractivity contribution in [2.45, 2.75) is 6.54 Å². The first-order valence-electron chi connectivity index (χ1n) is 8.79. The Kier molecular flexibility index (Phi) is 5.49. The molecule has 0 spiro atoms. The molecule has 13 heteroatoms. The zero-order valence-electron chi connectivity index (χ0n) is 15.3. The van der Waals surface area contributed by atoms with Gasteiger partial charge in [-0.25, -0.2) is 10.1 Å². The molecule has 3 N–H and O–H groups in total. The summed E-state index contributed by atoms with van der Waals surface area (Å²) in [5, 5.41) is 19.4. The maximum absolute atomic E-state index is 12.9. The predicted octanol–water partition coefficient (Wildman–Crippen LogP) is -0.776. The highest BCUT2D eigenvalue weighted by Crippen LogP contribution is 2.17. The van der Waals surface area contributed by atoms with E-state index in [1.165, 1.54) is 10.9 Å². The Labute approximate surface area is 164 Å². The number of aromatic nitrogens is 6. The topological polar surface area (TPSA) is 162 Å². The SMILES string of the molecule is Nc1nonc1-n1nnc(CN2CCOCC2)c1C(=O)NN=Cc1ccncc1. The molecule has 0 atom stereocenters. The largest absolute Gasteiger partial charge is 0.379 e. The van der Waals surface area contributed by atoms with Gasteiger partial charge in [0.25, 0.3) is 5.91 Å². The Hall–Kier alpha value is -3.71. The first-order chi connectivity index (χ1) is 14.2. The van der Waals surface area contributed by atoms with Gasteiger partial charge in [0.05, 0.1) is 19.4 Å². The van der Waals surface area contributed by atoms with Gasteiger partial charge in [-0.3, -0.25) is 14.7 Å². The molecule has 29 heavy (non-hydrogen) atoms. The number of hydrogen-bond acceptors (Lipinski definition) is 11. The van der Waals surface area contributed by atoms with Crippen molar-refractivity contribution >= 4 is 17.9 Å². The molecule has 0 aromatic carbocycles. The lowest BCUT2D eigenvalue weighted by Gasteiger charge is -2.25. The molecular weight excluding hydrogens is 380 g/mol. The summed E-state index contributed by atoms with van der Waals surface area (Å²) in [4.78, 5) is 18.9. The average Bonchev–Trinajstić information content (AvgIpc) is 3.35. The smallest absolute Gasteiger partial charge is 0.292 e. The van der Waals surface area contributed by atoms with Crippen LogP contribution in [0.2, 0.25) is 0 Å². The number of hydrogen-bond donors (Lipinski definition) is 2. The molecule has 4 heterocycles. The third-order valence-corrected chi connectivity index (χ3v) is 4.21. The van der Waals surface area contributed by atoms with Crippen molar-refractivity contribution in [3.8, 4) is 5.82 Å². The molecule has 3 aromatic rings. The lowest BCUT2D eigenvalue weighted by Crippen LogP contribution is -2.36. The number of carbonyl (C=O) groups is 1. The molecule has 4 rings (SSSR count). The minimum atomic E-state index is -0.522. The number of hydrazone groups is 1. The molecule has 13 nitrogen and oxygen atoms in total. The highest BCUT2D eigenvalue weighted by atomic mass is 16.6. The molecule has 0 bridgehead atoms. The highest BCUT2D eigenvalue weighted by Gasteiger charge is 2.26. The van der Waals surface area contributed by atoms with E-state index in [2.05, 4.69) is 45.7 Å². The maximum atomic E-state index is 12.9. The third kappa shape index (κ3) is 4.25. The predicted molar refractivity (Wildman–Crippen MR) is 99.0 cm³/mol. The van der Waals surface area contributed by atoms with Gasteiger partial charge in [-0.2, -0.15) is 9.78 Å². The highest BCUT2D eigenvalue weighted by molar-refractivity contribution is 5.94. The number of amides is 1. The first kappa shape index (κ1) is 18.6. The van der Waals surface area contributed by atoms with Gasteiger partial charge in [-0.15, -0.1) is 5.10 Å². The molecule has 150 valence electrons. The van der Waals surface area contributed by atoms with Crippen LogP contribution in [0.4, 0.5) is 5.82 Å². The second-order valence-corrected chi connectivity index (χ2v) is 6.14.